The molecule has 8 N–H and O–H groups in total. The molecule has 0 saturated heterocycles. The van der Waals surface area contributed by atoms with E-state index in [0.29, 0.717) is 0 Å². The van der Waals surface area contributed by atoms with Crippen LogP contribution in [-0.2, 0) is 19.2 Å². The van der Waals surface area contributed by atoms with Crippen LogP contribution in [0, 0.1) is 5.92 Å². The molecule has 12 heteroatoms. The van der Waals surface area contributed by atoms with Gasteiger partial charge in [-0.1, -0.05) is 13.8 Å². The summed E-state index contributed by atoms with van der Waals surface area (Å²) in [5.74, 6) is -4.37. The summed E-state index contributed by atoms with van der Waals surface area (Å²) >= 11 is 3.97. The molecule has 162 valence electrons. The number of nitrogens with one attached hydrogen (secondary N) is 3. The second-order valence-corrected chi connectivity index (χ2v) is 7.17. The van der Waals surface area contributed by atoms with Crippen molar-refractivity contribution in [2.75, 3.05) is 5.75 Å². The highest BCUT2D eigenvalue weighted by molar-refractivity contribution is 7.80. The van der Waals surface area contributed by atoms with E-state index in [1.807, 2.05) is 0 Å². The predicted octanol–water partition coefficient (Wildman–Crippen LogP) is -2.80. The van der Waals surface area contributed by atoms with Gasteiger partial charge < -0.3 is 37.0 Å². The van der Waals surface area contributed by atoms with Crippen molar-refractivity contribution >= 4 is 36.3 Å². The second kappa shape index (κ2) is 11.8. The summed E-state index contributed by atoms with van der Waals surface area (Å²) in [6.45, 7) is 5.73. The molecule has 6 unspecified atom stereocenters. The molecule has 0 spiro atoms. The van der Waals surface area contributed by atoms with Crippen LogP contribution in [-0.4, -0.2) is 81.1 Å². The number of thiol groups is 1. The Balaban J connectivity index is 5.20. The van der Waals surface area contributed by atoms with Crippen LogP contribution in [0.15, 0.2) is 0 Å². The van der Waals surface area contributed by atoms with Crippen molar-refractivity contribution in [3.8, 4) is 0 Å². The number of rotatable bonds is 11. The topological polar surface area (TPSA) is 191 Å². The highest BCUT2D eigenvalue weighted by Gasteiger charge is 2.33. The lowest BCUT2D eigenvalue weighted by atomic mass is 10.0. The Labute approximate surface area is 168 Å². The minimum absolute atomic E-state index is 0.151. The molecule has 3 amide bonds. The maximum atomic E-state index is 12.4. The van der Waals surface area contributed by atoms with Gasteiger partial charge in [-0.2, -0.15) is 12.6 Å². The van der Waals surface area contributed by atoms with Crippen LogP contribution in [0.1, 0.15) is 27.7 Å². The van der Waals surface area contributed by atoms with Gasteiger partial charge in [-0.3, -0.25) is 14.4 Å². The average molecular weight is 423 g/mol. The molecule has 11 nitrogen and oxygen atoms in total. The largest absolute Gasteiger partial charge is 0.480 e. The van der Waals surface area contributed by atoms with Crippen molar-refractivity contribution in [2.45, 2.75) is 64.1 Å². The first kappa shape index (κ1) is 26.1. The molecule has 0 radical (unpaired) electrons. The Morgan fingerprint density at radius 3 is 1.71 bits per heavy atom. The molecule has 0 heterocycles. The van der Waals surface area contributed by atoms with Crippen molar-refractivity contribution in [1.29, 1.82) is 0 Å². The first-order valence-corrected chi connectivity index (χ1v) is 9.33. The molecule has 0 rings (SSSR count). The summed E-state index contributed by atoms with van der Waals surface area (Å²) in [5, 5.41) is 35.2. The summed E-state index contributed by atoms with van der Waals surface area (Å²) in [4.78, 5) is 47.9. The SMILES string of the molecule is CC(C)C(NC(=O)C(NC(=O)C(CS)NC(=O)C(N)C(C)O)C(C)O)C(=O)O. The second-order valence-electron chi connectivity index (χ2n) is 6.81. The van der Waals surface area contributed by atoms with Crippen LogP contribution < -0.4 is 21.7 Å². The molecule has 0 aromatic rings. The van der Waals surface area contributed by atoms with E-state index in [1.54, 1.807) is 13.8 Å². The number of aliphatic hydroxyl groups excluding tert-OH is 2. The van der Waals surface area contributed by atoms with Crippen LogP contribution >= 0.6 is 12.6 Å². The van der Waals surface area contributed by atoms with E-state index in [-0.39, 0.29) is 5.75 Å². The van der Waals surface area contributed by atoms with E-state index in [4.69, 9.17) is 10.8 Å². The van der Waals surface area contributed by atoms with Gasteiger partial charge in [0.05, 0.1) is 12.2 Å². The summed E-state index contributed by atoms with van der Waals surface area (Å²) in [6, 6.07) is -5.14. The first-order chi connectivity index (χ1) is 12.8. The van der Waals surface area contributed by atoms with Gasteiger partial charge in [0, 0.05) is 5.75 Å². The van der Waals surface area contributed by atoms with E-state index in [0.717, 1.165) is 0 Å². The highest BCUT2D eigenvalue weighted by atomic mass is 32.1. The summed E-state index contributed by atoms with van der Waals surface area (Å²) < 4.78 is 0. The maximum absolute atomic E-state index is 12.4. The Hall–Kier alpha value is -1.89. The van der Waals surface area contributed by atoms with Crippen molar-refractivity contribution in [3.05, 3.63) is 0 Å². The zero-order valence-electron chi connectivity index (χ0n) is 16.2. The lowest BCUT2D eigenvalue weighted by Crippen LogP contribution is -2.61. The van der Waals surface area contributed by atoms with Gasteiger partial charge in [0.25, 0.3) is 0 Å². The van der Waals surface area contributed by atoms with Crippen LogP contribution in [0.5, 0.6) is 0 Å². The van der Waals surface area contributed by atoms with Crippen molar-refractivity contribution in [2.24, 2.45) is 11.7 Å². The maximum Gasteiger partial charge on any atom is 0.326 e. The van der Waals surface area contributed by atoms with Crippen molar-refractivity contribution in [1.82, 2.24) is 16.0 Å². The molecule has 0 saturated carbocycles. The Kier molecular flexibility index (Phi) is 11.0. The lowest BCUT2D eigenvalue weighted by Gasteiger charge is -2.27. The van der Waals surface area contributed by atoms with E-state index in [1.165, 1.54) is 13.8 Å². The number of amides is 3. The number of aliphatic hydroxyl groups is 2. The van der Waals surface area contributed by atoms with Crippen LogP contribution in [0.25, 0.3) is 0 Å². The zero-order chi connectivity index (χ0) is 22.2. The van der Waals surface area contributed by atoms with Crippen LogP contribution in [0.2, 0.25) is 0 Å². The van der Waals surface area contributed by atoms with Gasteiger partial charge in [-0.25, -0.2) is 4.79 Å². The molecule has 6 atom stereocenters. The van der Waals surface area contributed by atoms with E-state index in [9.17, 15) is 29.4 Å². The molecular formula is C16H30N4O7S. The smallest absolute Gasteiger partial charge is 0.326 e. The molecule has 0 aliphatic heterocycles. The molecule has 0 aromatic carbocycles. The number of carboxylic acids is 1. The molecular weight excluding hydrogens is 392 g/mol. The lowest BCUT2D eigenvalue weighted by molar-refractivity contribution is -0.144. The van der Waals surface area contributed by atoms with Gasteiger partial charge in [0.2, 0.25) is 17.7 Å². The normalized spacial score (nSPS) is 17.6. The minimum Gasteiger partial charge on any atom is -0.480 e. The molecule has 0 aromatic heterocycles. The monoisotopic (exact) mass is 422 g/mol. The van der Waals surface area contributed by atoms with Crippen LogP contribution in [0.3, 0.4) is 0 Å². The fourth-order valence-corrected chi connectivity index (χ4v) is 2.35. The summed E-state index contributed by atoms with van der Waals surface area (Å²) in [5.41, 5.74) is 5.49. The Morgan fingerprint density at radius 1 is 0.857 bits per heavy atom. The van der Waals surface area contributed by atoms with Gasteiger partial charge in [0.1, 0.15) is 24.2 Å². The van der Waals surface area contributed by atoms with Crippen molar-refractivity contribution in [3.63, 3.8) is 0 Å². The molecule has 0 aliphatic rings. The fourth-order valence-electron chi connectivity index (χ4n) is 2.10. The molecule has 0 bridgehead atoms. The third kappa shape index (κ3) is 8.00. The Morgan fingerprint density at radius 2 is 1.36 bits per heavy atom. The quantitative estimate of drug-likeness (QED) is 0.164. The van der Waals surface area contributed by atoms with Gasteiger partial charge in [-0.05, 0) is 19.8 Å². The van der Waals surface area contributed by atoms with Gasteiger partial charge >= 0.3 is 5.97 Å². The standard InChI is InChI=1S/C16H30N4O7S/c1-6(2)11(16(26)27)19-15(25)12(8(4)22)20-13(23)9(5-28)18-14(24)10(17)7(3)21/h6-12,21-22,28H,5,17H2,1-4H3,(H,18,24)(H,19,25)(H,20,23)(H,26,27). The number of hydrogen-bond acceptors (Lipinski definition) is 8. The molecule has 0 aliphatic carbocycles. The zero-order valence-corrected chi connectivity index (χ0v) is 17.1. The molecule has 28 heavy (non-hydrogen) atoms. The summed E-state index contributed by atoms with van der Waals surface area (Å²) in [7, 11) is 0. The minimum atomic E-state index is -1.46. The van der Waals surface area contributed by atoms with E-state index >= 15 is 0 Å². The average Bonchev–Trinajstić information content (AvgIpc) is 2.59. The Bertz CT molecular complexity index is 571. The first-order valence-electron chi connectivity index (χ1n) is 8.69. The third-order valence-electron chi connectivity index (χ3n) is 3.93. The molecule has 0 fully saturated rings. The van der Waals surface area contributed by atoms with Crippen LogP contribution in [0.4, 0.5) is 0 Å². The number of carbonyl (C=O) groups is 4. The summed E-state index contributed by atoms with van der Waals surface area (Å²) in [6.07, 6.45) is -2.50. The number of carboxylic acid groups (broad SMARTS) is 1. The number of carbonyl (C=O) groups excluding carboxylic acids is 3. The van der Waals surface area contributed by atoms with Gasteiger partial charge in [0.15, 0.2) is 0 Å². The van der Waals surface area contributed by atoms with E-state index < -0.39 is 66.0 Å². The van der Waals surface area contributed by atoms with Gasteiger partial charge in [-0.15, -0.1) is 0 Å². The number of aliphatic carboxylic acids is 1. The highest BCUT2D eigenvalue weighted by Crippen LogP contribution is 2.04. The number of hydrogen-bond donors (Lipinski definition) is 8. The van der Waals surface area contributed by atoms with E-state index in [2.05, 4.69) is 28.6 Å². The number of nitrogens with two attached hydrogens (primary N) is 1. The fraction of sp³-hybridized carbons (Fsp3) is 0.750. The third-order valence-corrected chi connectivity index (χ3v) is 4.30. The van der Waals surface area contributed by atoms with Crippen molar-refractivity contribution < 1.29 is 34.5 Å². The predicted molar refractivity (Wildman–Crippen MR) is 103 cm³/mol.